The maximum atomic E-state index is 12.1. The standard InChI is InChI=1S/C23H27BrN4O2/c1-26(2)22(29)16-4-6-17(7-5-16)23(30)9-12-28(13-10-23)15-18-14-19-20(24)8-11-25-21(19)27(18)3/h4-8,11,14,30H,9-10,12-13,15H2,1-3H3. The van der Waals surface area contributed by atoms with Gasteiger partial charge in [0.25, 0.3) is 5.91 Å². The molecular weight excluding hydrogens is 444 g/mol. The van der Waals surface area contributed by atoms with Crippen molar-refractivity contribution in [3.8, 4) is 0 Å². The molecule has 0 atom stereocenters. The summed E-state index contributed by atoms with van der Waals surface area (Å²) >= 11 is 3.61. The van der Waals surface area contributed by atoms with Crippen LogP contribution in [0.15, 0.2) is 47.1 Å². The van der Waals surface area contributed by atoms with E-state index in [1.54, 1.807) is 19.0 Å². The third kappa shape index (κ3) is 3.89. The second-order valence-corrected chi connectivity index (χ2v) is 9.16. The van der Waals surface area contributed by atoms with Crippen LogP contribution in [0.1, 0.15) is 34.5 Å². The van der Waals surface area contributed by atoms with E-state index in [-0.39, 0.29) is 5.91 Å². The molecule has 158 valence electrons. The molecule has 1 amide bonds. The second kappa shape index (κ2) is 8.13. The smallest absolute Gasteiger partial charge is 0.253 e. The van der Waals surface area contributed by atoms with Gasteiger partial charge in [0, 0.05) is 68.1 Å². The summed E-state index contributed by atoms with van der Waals surface area (Å²) in [7, 11) is 5.53. The SMILES string of the molecule is CN(C)C(=O)c1ccc(C2(O)CCN(Cc3cc4c(Br)ccnc4n3C)CC2)cc1. The van der Waals surface area contributed by atoms with Crippen molar-refractivity contribution in [2.24, 2.45) is 7.05 Å². The first-order valence-electron chi connectivity index (χ1n) is 10.1. The molecule has 1 aliphatic heterocycles. The fourth-order valence-electron chi connectivity index (χ4n) is 4.17. The highest BCUT2D eigenvalue weighted by molar-refractivity contribution is 9.10. The molecule has 0 spiro atoms. The predicted octanol–water partition coefficient (Wildman–Crippen LogP) is 3.52. The molecule has 7 heteroatoms. The highest BCUT2D eigenvalue weighted by atomic mass is 79.9. The van der Waals surface area contributed by atoms with E-state index >= 15 is 0 Å². The van der Waals surface area contributed by atoms with Crippen LogP contribution in [0.25, 0.3) is 11.0 Å². The first-order valence-corrected chi connectivity index (χ1v) is 10.9. The van der Waals surface area contributed by atoms with Crippen LogP contribution in [0.2, 0.25) is 0 Å². The zero-order valence-corrected chi connectivity index (χ0v) is 19.2. The molecule has 0 saturated carbocycles. The second-order valence-electron chi connectivity index (χ2n) is 8.31. The zero-order chi connectivity index (χ0) is 21.5. The lowest BCUT2D eigenvalue weighted by atomic mass is 9.84. The minimum atomic E-state index is -0.848. The van der Waals surface area contributed by atoms with Crippen molar-refractivity contribution in [3.05, 3.63) is 63.9 Å². The van der Waals surface area contributed by atoms with Crippen LogP contribution in [0.3, 0.4) is 0 Å². The van der Waals surface area contributed by atoms with Crippen molar-refractivity contribution in [2.75, 3.05) is 27.2 Å². The molecule has 0 bridgehead atoms. The van der Waals surface area contributed by atoms with Gasteiger partial charge in [-0.25, -0.2) is 4.98 Å². The number of amides is 1. The Labute approximate surface area is 185 Å². The lowest BCUT2D eigenvalue weighted by Gasteiger charge is -2.38. The van der Waals surface area contributed by atoms with Crippen molar-refractivity contribution in [1.29, 1.82) is 0 Å². The molecule has 30 heavy (non-hydrogen) atoms. The van der Waals surface area contributed by atoms with Gasteiger partial charge in [-0.2, -0.15) is 0 Å². The van der Waals surface area contributed by atoms with E-state index in [0.29, 0.717) is 18.4 Å². The van der Waals surface area contributed by atoms with Gasteiger partial charge in [0.1, 0.15) is 5.65 Å². The Hall–Kier alpha value is -2.22. The summed E-state index contributed by atoms with van der Waals surface area (Å²) in [5, 5.41) is 12.3. The molecule has 0 unspecified atom stereocenters. The first-order chi connectivity index (χ1) is 14.3. The van der Waals surface area contributed by atoms with E-state index in [9.17, 15) is 9.90 Å². The van der Waals surface area contributed by atoms with Crippen molar-refractivity contribution >= 4 is 32.9 Å². The van der Waals surface area contributed by atoms with Crippen molar-refractivity contribution in [1.82, 2.24) is 19.4 Å². The van der Waals surface area contributed by atoms with E-state index in [2.05, 4.69) is 36.4 Å². The molecule has 1 N–H and O–H groups in total. The quantitative estimate of drug-likeness (QED) is 0.633. The topological polar surface area (TPSA) is 61.6 Å². The van der Waals surface area contributed by atoms with Crippen LogP contribution in [0, 0.1) is 0 Å². The molecule has 6 nitrogen and oxygen atoms in total. The van der Waals surface area contributed by atoms with Gasteiger partial charge in [0.2, 0.25) is 0 Å². The number of piperidine rings is 1. The van der Waals surface area contributed by atoms with Crippen LogP contribution in [-0.2, 0) is 19.2 Å². The number of hydrogen-bond donors (Lipinski definition) is 1. The van der Waals surface area contributed by atoms with Gasteiger partial charge in [0.15, 0.2) is 0 Å². The number of aromatic nitrogens is 2. The highest BCUT2D eigenvalue weighted by Gasteiger charge is 2.34. The Balaban J connectivity index is 1.44. The van der Waals surface area contributed by atoms with Crippen LogP contribution >= 0.6 is 15.9 Å². The van der Waals surface area contributed by atoms with E-state index in [1.165, 1.54) is 5.69 Å². The summed E-state index contributed by atoms with van der Waals surface area (Å²) in [4.78, 5) is 20.5. The molecule has 0 radical (unpaired) electrons. The van der Waals surface area contributed by atoms with Crippen LogP contribution < -0.4 is 0 Å². The van der Waals surface area contributed by atoms with E-state index < -0.39 is 5.60 Å². The lowest BCUT2D eigenvalue weighted by molar-refractivity contribution is -0.0281. The number of carbonyl (C=O) groups excluding carboxylic acids is 1. The molecule has 0 aliphatic carbocycles. The number of benzene rings is 1. The van der Waals surface area contributed by atoms with Gasteiger partial charge < -0.3 is 14.6 Å². The van der Waals surface area contributed by atoms with E-state index in [1.807, 2.05) is 43.6 Å². The number of carbonyl (C=O) groups is 1. The molecule has 1 saturated heterocycles. The largest absolute Gasteiger partial charge is 0.385 e. The summed E-state index contributed by atoms with van der Waals surface area (Å²) in [5.74, 6) is -0.0283. The number of aliphatic hydroxyl groups is 1. The number of hydrogen-bond acceptors (Lipinski definition) is 4. The highest BCUT2D eigenvalue weighted by Crippen LogP contribution is 2.34. The third-order valence-corrected chi connectivity index (χ3v) is 6.81. The average molecular weight is 471 g/mol. The number of rotatable bonds is 4. The zero-order valence-electron chi connectivity index (χ0n) is 17.6. The average Bonchev–Trinajstić information content (AvgIpc) is 3.06. The number of halogens is 1. The fraction of sp³-hybridized carbons (Fsp3) is 0.391. The molecule has 1 aliphatic rings. The summed E-state index contributed by atoms with van der Waals surface area (Å²) in [6, 6.07) is 11.5. The third-order valence-electron chi connectivity index (χ3n) is 6.12. The first kappa shape index (κ1) is 21.0. The number of nitrogens with zero attached hydrogens (tertiary/aromatic N) is 4. The summed E-state index contributed by atoms with van der Waals surface area (Å²) < 4.78 is 3.19. The predicted molar refractivity (Wildman–Crippen MR) is 121 cm³/mol. The number of aryl methyl sites for hydroxylation is 1. The van der Waals surface area contributed by atoms with Gasteiger partial charge in [0.05, 0.1) is 5.60 Å². The van der Waals surface area contributed by atoms with Crippen LogP contribution in [0.5, 0.6) is 0 Å². The monoisotopic (exact) mass is 470 g/mol. The Morgan fingerprint density at radius 1 is 1.20 bits per heavy atom. The summed E-state index contributed by atoms with van der Waals surface area (Å²) in [6.07, 6.45) is 3.15. The molecule has 1 aromatic carbocycles. The van der Waals surface area contributed by atoms with Gasteiger partial charge in [-0.15, -0.1) is 0 Å². The Morgan fingerprint density at radius 3 is 2.47 bits per heavy atom. The van der Waals surface area contributed by atoms with E-state index in [4.69, 9.17) is 0 Å². The molecule has 1 fully saturated rings. The molecule has 3 aromatic rings. The normalized spacial score (nSPS) is 16.7. The minimum Gasteiger partial charge on any atom is -0.385 e. The van der Waals surface area contributed by atoms with E-state index in [0.717, 1.165) is 40.7 Å². The Morgan fingerprint density at radius 2 is 1.87 bits per heavy atom. The van der Waals surface area contributed by atoms with Crippen molar-refractivity contribution in [2.45, 2.75) is 25.0 Å². The fourth-order valence-corrected chi connectivity index (χ4v) is 4.58. The minimum absolute atomic E-state index is 0.0283. The summed E-state index contributed by atoms with van der Waals surface area (Å²) in [5.41, 5.74) is 2.86. The number of likely N-dealkylation sites (tertiary alicyclic amines) is 1. The van der Waals surface area contributed by atoms with Gasteiger partial charge >= 0.3 is 0 Å². The van der Waals surface area contributed by atoms with Gasteiger partial charge in [-0.1, -0.05) is 12.1 Å². The van der Waals surface area contributed by atoms with Gasteiger partial charge in [-0.3, -0.25) is 9.69 Å². The molecular formula is C23H27BrN4O2. The Kier molecular flexibility index (Phi) is 5.70. The molecule has 2 aromatic heterocycles. The van der Waals surface area contributed by atoms with Crippen LogP contribution in [0.4, 0.5) is 0 Å². The maximum absolute atomic E-state index is 12.1. The van der Waals surface area contributed by atoms with Crippen molar-refractivity contribution in [3.63, 3.8) is 0 Å². The summed E-state index contributed by atoms with van der Waals surface area (Å²) in [6.45, 7) is 2.45. The molecule has 4 rings (SSSR count). The molecule has 3 heterocycles. The van der Waals surface area contributed by atoms with Crippen molar-refractivity contribution < 1.29 is 9.90 Å². The Bertz CT molecular complexity index is 1070. The van der Waals surface area contributed by atoms with Gasteiger partial charge in [-0.05, 0) is 58.6 Å². The number of fused-ring (bicyclic) bond motifs is 1. The number of pyridine rings is 1. The van der Waals surface area contributed by atoms with Crippen LogP contribution in [-0.4, -0.2) is 57.5 Å². The maximum Gasteiger partial charge on any atom is 0.253 e. The lowest BCUT2D eigenvalue weighted by Crippen LogP contribution is -2.42.